The Hall–Kier alpha value is -4.81. The second-order valence-corrected chi connectivity index (χ2v) is 12.5. The summed E-state index contributed by atoms with van der Waals surface area (Å²) >= 11 is 0. The maximum absolute atomic E-state index is 12.9. The topological polar surface area (TPSA) is 163 Å². The molecule has 2 aliphatic rings. The molecule has 0 bridgehead atoms. The molecule has 0 unspecified atom stereocenters. The van der Waals surface area contributed by atoms with Crippen molar-refractivity contribution in [1.82, 2.24) is 35.9 Å². The van der Waals surface area contributed by atoms with Crippen LogP contribution in [0.15, 0.2) is 60.9 Å². The van der Waals surface area contributed by atoms with Crippen molar-refractivity contribution in [2.75, 3.05) is 18.5 Å². The average molecular weight is 625 g/mol. The Labute approximate surface area is 267 Å². The zero-order valence-electron chi connectivity index (χ0n) is 25.3. The molecule has 240 valence electrons. The number of pyridine rings is 1. The van der Waals surface area contributed by atoms with Gasteiger partial charge in [-0.25, -0.2) is 4.98 Å². The second-order valence-electron chi connectivity index (χ2n) is 12.5. The van der Waals surface area contributed by atoms with Gasteiger partial charge in [0.05, 0.1) is 16.5 Å². The third-order valence-corrected chi connectivity index (χ3v) is 8.85. The molecular formula is C34H40N8O4. The van der Waals surface area contributed by atoms with Crippen molar-refractivity contribution < 1.29 is 19.4 Å². The second kappa shape index (κ2) is 12.5. The van der Waals surface area contributed by atoms with Crippen molar-refractivity contribution in [3.63, 3.8) is 0 Å². The molecule has 3 aromatic heterocycles. The van der Waals surface area contributed by atoms with Crippen molar-refractivity contribution in [1.29, 1.82) is 0 Å². The molecule has 12 nitrogen and oxygen atoms in total. The molecule has 2 aromatic carbocycles. The molecule has 1 atom stereocenters. The number of H-pyrrole nitrogens is 2. The number of carbonyl (C=O) groups is 1. The van der Waals surface area contributed by atoms with E-state index in [2.05, 4.69) is 61.1 Å². The number of aromatic amines is 2. The van der Waals surface area contributed by atoms with Gasteiger partial charge in [-0.2, -0.15) is 5.21 Å². The summed E-state index contributed by atoms with van der Waals surface area (Å²) < 4.78 is 12.4. The van der Waals surface area contributed by atoms with Crippen molar-refractivity contribution >= 4 is 22.5 Å². The fraction of sp³-hybridized carbons (Fsp3) is 0.382. The molecule has 1 aliphatic carbocycles. The van der Waals surface area contributed by atoms with Crippen LogP contribution in [0.25, 0.3) is 22.3 Å². The summed E-state index contributed by atoms with van der Waals surface area (Å²) in [5.74, 6) is 2.15. The number of aliphatic hydroxyl groups excluding tert-OH is 1. The van der Waals surface area contributed by atoms with Crippen LogP contribution in [0.5, 0.6) is 17.4 Å². The number of nitrogens with one attached hydrogen (secondary N) is 4. The number of ether oxygens (including phenoxy) is 2. The predicted octanol–water partition coefficient (Wildman–Crippen LogP) is 5.29. The van der Waals surface area contributed by atoms with Crippen LogP contribution in [0.1, 0.15) is 58.1 Å². The zero-order valence-corrected chi connectivity index (χ0v) is 25.3. The van der Waals surface area contributed by atoms with Crippen molar-refractivity contribution in [2.24, 2.45) is 0 Å². The summed E-state index contributed by atoms with van der Waals surface area (Å²) in [5, 5.41) is 32.7. The smallest absolute Gasteiger partial charge is 0.235 e. The number of hydrogen-bond donors (Lipinski definition) is 5. The highest BCUT2D eigenvalue weighted by atomic mass is 16.5. The zero-order chi connectivity index (χ0) is 31.0. The lowest BCUT2D eigenvalue weighted by atomic mass is 9.79. The number of β-amino-alcohol motifs (C(OH)–C–C–N with tert-alkyl or cyclic N) is 1. The van der Waals surface area contributed by atoms with E-state index in [1.54, 1.807) is 12.3 Å². The van der Waals surface area contributed by atoms with Gasteiger partial charge < -0.3 is 30.2 Å². The normalized spacial score (nSPS) is 15.8. The third-order valence-electron chi connectivity index (χ3n) is 8.85. The molecule has 7 rings (SSSR count). The van der Waals surface area contributed by atoms with Crippen molar-refractivity contribution in [3.8, 4) is 28.8 Å². The summed E-state index contributed by atoms with van der Waals surface area (Å²) in [4.78, 5) is 20.7. The van der Waals surface area contributed by atoms with Crippen LogP contribution in [0.4, 0.5) is 5.69 Å². The number of para-hydroxylation sites is 1. The van der Waals surface area contributed by atoms with Crippen LogP contribution in [-0.4, -0.2) is 66.4 Å². The molecular weight excluding hydrogens is 584 g/mol. The van der Waals surface area contributed by atoms with Gasteiger partial charge in [-0.1, -0.05) is 38.5 Å². The Morgan fingerprint density at radius 1 is 1.09 bits per heavy atom. The van der Waals surface area contributed by atoms with Crippen LogP contribution >= 0.6 is 0 Å². The van der Waals surface area contributed by atoms with E-state index < -0.39 is 11.5 Å². The predicted molar refractivity (Wildman–Crippen MR) is 175 cm³/mol. The average Bonchev–Trinajstić information content (AvgIpc) is 3.85. The molecule has 1 spiro atoms. The quantitative estimate of drug-likeness (QED) is 0.131. The Bertz CT molecular complexity index is 1830. The van der Waals surface area contributed by atoms with E-state index in [1.165, 1.54) is 0 Å². The van der Waals surface area contributed by atoms with Crippen LogP contribution in [0.2, 0.25) is 0 Å². The SMILES string of the molecule is C.CC(C)(Cc1c[nH]c2c(Oc3ncccc3-c3nn[nH]n3)cccc12)NC[C@H](O)COc1cccc2c1C1(CCCC1)C(=O)N2. The van der Waals surface area contributed by atoms with E-state index in [0.29, 0.717) is 41.7 Å². The summed E-state index contributed by atoms with van der Waals surface area (Å²) in [5.41, 5.74) is 3.52. The first-order chi connectivity index (χ1) is 21.8. The van der Waals surface area contributed by atoms with Crippen LogP contribution < -0.4 is 20.1 Å². The van der Waals surface area contributed by atoms with Crippen molar-refractivity contribution in [3.05, 3.63) is 72.1 Å². The molecule has 1 saturated carbocycles. The first-order valence-electron chi connectivity index (χ1n) is 15.3. The number of anilines is 1. The fourth-order valence-electron chi connectivity index (χ4n) is 6.68. The number of aromatic nitrogens is 6. The molecule has 5 N–H and O–H groups in total. The van der Waals surface area contributed by atoms with Gasteiger partial charge in [0.15, 0.2) is 5.75 Å². The standard InChI is InChI=1S/C33H36N8O4.CH4/c1-32(2,36-18-21(42)19-44-25-11-6-10-24-27(25)33(31(43)37-24)13-3-4-14-33)16-20-17-35-28-22(20)8-5-12-26(28)45-30-23(9-7-15-34-30)29-38-40-41-39-29;/h5-12,15,17,21,35-36,42H,3-4,13-14,16,18-19H2,1-2H3,(H,37,43)(H,38,39,40,41);1H4/t21-;/m0./s1. The van der Waals surface area contributed by atoms with Gasteiger partial charge in [-0.3, -0.25) is 4.79 Å². The molecule has 1 fully saturated rings. The number of rotatable bonds is 11. The lowest BCUT2D eigenvalue weighted by molar-refractivity contribution is -0.120. The maximum atomic E-state index is 12.9. The Kier molecular flexibility index (Phi) is 8.49. The molecule has 4 heterocycles. The Morgan fingerprint density at radius 2 is 1.89 bits per heavy atom. The number of amides is 1. The van der Waals surface area contributed by atoms with Gasteiger partial charge in [0, 0.05) is 41.1 Å². The third kappa shape index (κ3) is 5.81. The fourth-order valence-corrected chi connectivity index (χ4v) is 6.68. The molecule has 12 heteroatoms. The van der Waals surface area contributed by atoms with E-state index in [0.717, 1.165) is 53.4 Å². The van der Waals surface area contributed by atoms with E-state index in [1.807, 2.05) is 42.6 Å². The highest BCUT2D eigenvalue weighted by molar-refractivity contribution is 6.07. The number of fused-ring (bicyclic) bond motifs is 3. The summed E-state index contributed by atoms with van der Waals surface area (Å²) in [6, 6.07) is 15.2. The van der Waals surface area contributed by atoms with Gasteiger partial charge >= 0.3 is 0 Å². The number of tetrazole rings is 1. The highest BCUT2D eigenvalue weighted by Gasteiger charge is 2.50. The number of benzene rings is 2. The van der Waals surface area contributed by atoms with Gasteiger partial charge in [0.25, 0.3) is 0 Å². The van der Waals surface area contributed by atoms with Gasteiger partial charge in [0.2, 0.25) is 17.6 Å². The first kappa shape index (κ1) is 31.2. The summed E-state index contributed by atoms with van der Waals surface area (Å²) in [7, 11) is 0. The maximum Gasteiger partial charge on any atom is 0.235 e. The molecule has 1 amide bonds. The van der Waals surface area contributed by atoms with E-state index in [9.17, 15) is 9.90 Å². The van der Waals surface area contributed by atoms with Crippen LogP contribution in [0, 0.1) is 0 Å². The lowest BCUT2D eigenvalue weighted by Crippen LogP contribution is -2.46. The summed E-state index contributed by atoms with van der Waals surface area (Å²) in [6.07, 6.45) is 7.32. The van der Waals surface area contributed by atoms with E-state index in [-0.39, 0.29) is 25.5 Å². The molecule has 5 aromatic rings. The number of nitrogens with zero attached hydrogens (tertiary/aromatic N) is 4. The van der Waals surface area contributed by atoms with Gasteiger partial charge in [0.1, 0.15) is 18.5 Å². The molecule has 1 aliphatic heterocycles. The minimum Gasteiger partial charge on any atom is -0.490 e. The summed E-state index contributed by atoms with van der Waals surface area (Å²) in [6.45, 7) is 4.68. The Balaban J connectivity index is 0.00000372. The highest BCUT2D eigenvalue weighted by Crippen LogP contribution is 2.52. The molecule has 0 radical (unpaired) electrons. The number of aliphatic hydroxyl groups is 1. The first-order valence-corrected chi connectivity index (χ1v) is 15.3. The minimum atomic E-state index is -0.737. The van der Waals surface area contributed by atoms with Crippen LogP contribution in [-0.2, 0) is 16.6 Å². The van der Waals surface area contributed by atoms with Crippen molar-refractivity contribution in [2.45, 2.75) is 70.4 Å². The van der Waals surface area contributed by atoms with Gasteiger partial charge in [-0.15, -0.1) is 10.2 Å². The van der Waals surface area contributed by atoms with E-state index >= 15 is 0 Å². The van der Waals surface area contributed by atoms with Gasteiger partial charge in [-0.05, 0) is 74.2 Å². The number of carbonyl (C=O) groups excluding carboxylic acids is 1. The largest absolute Gasteiger partial charge is 0.490 e. The number of hydrogen-bond acceptors (Lipinski definition) is 9. The molecule has 0 saturated heterocycles. The minimum absolute atomic E-state index is 0. The monoisotopic (exact) mass is 624 g/mol. The van der Waals surface area contributed by atoms with E-state index in [4.69, 9.17) is 9.47 Å². The lowest BCUT2D eigenvalue weighted by Gasteiger charge is -2.28. The Morgan fingerprint density at radius 3 is 2.70 bits per heavy atom. The molecule has 46 heavy (non-hydrogen) atoms. The van der Waals surface area contributed by atoms with Crippen LogP contribution in [0.3, 0.4) is 0 Å².